The van der Waals surface area contributed by atoms with Crippen LogP contribution in [0.15, 0.2) is 70.2 Å². The highest BCUT2D eigenvalue weighted by Gasteiger charge is 2.46. The lowest BCUT2D eigenvalue weighted by atomic mass is 10.00. The van der Waals surface area contributed by atoms with Crippen molar-refractivity contribution in [3.05, 3.63) is 81.9 Å². The fraction of sp³-hybridized carbons (Fsp3) is 0.217. The van der Waals surface area contributed by atoms with E-state index in [4.69, 9.17) is 9.15 Å². The smallest absolute Gasteiger partial charge is 0.296 e. The monoisotopic (exact) mass is 423 g/mol. The number of aliphatic hydroxyl groups is 1. The molecule has 2 aromatic heterocycles. The summed E-state index contributed by atoms with van der Waals surface area (Å²) in [5, 5.41) is 12.9. The quantitative estimate of drug-likeness (QED) is 0.352. The van der Waals surface area contributed by atoms with Crippen molar-refractivity contribution in [1.29, 1.82) is 0 Å². The fourth-order valence-electron chi connectivity index (χ4n) is 3.48. The molecule has 4 rings (SSSR count). The summed E-state index contributed by atoms with van der Waals surface area (Å²) in [7, 11) is 0. The van der Waals surface area contributed by atoms with Gasteiger partial charge < -0.3 is 19.2 Å². The summed E-state index contributed by atoms with van der Waals surface area (Å²) < 4.78 is 11.0. The Labute approximate surface area is 178 Å². The van der Waals surface area contributed by atoms with Crippen LogP contribution in [0.3, 0.4) is 0 Å². The molecule has 1 atom stereocenters. The third-order valence-corrected chi connectivity index (χ3v) is 5.68. The predicted octanol–water partition coefficient (Wildman–Crippen LogP) is 4.75. The van der Waals surface area contributed by atoms with E-state index in [1.165, 1.54) is 22.5 Å². The Kier molecular flexibility index (Phi) is 5.46. The van der Waals surface area contributed by atoms with Gasteiger partial charge in [0.2, 0.25) is 0 Å². The van der Waals surface area contributed by atoms with Crippen molar-refractivity contribution in [3.63, 3.8) is 0 Å². The third-order valence-electron chi connectivity index (χ3n) is 4.76. The molecule has 1 N–H and O–H groups in total. The van der Waals surface area contributed by atoms with E-state index in [9.17, 15) is 14.7 Å². The van der Waals surface area contributed by atoms with Gasteiger partial charge in [0, 0.05) is 10.4 Å². The molecule has 0 aliphatic carbocycles. The lowest BCUT2D eigenvalue weighted by Gasteiger charge is -2.23. The first-order chi connectivity index (χ1) is 14.5. The van der Waals surface area contributed by atoms with Crippen LogP contribution in [0.2, 0.25) is 0 Å². The first kappa shape index (κ1) is 20.0. The molecule has 3 heterocycles. The lowest BCUT2D eigenvalue weighted by molar-refractivity contribution is -0.140. The van der Waals surface area contributed by atoms with E-state index in [-0.39, 0.29) is 24.0 Å². The summed E-state index contributed by atoms with van der Waals surface area (Å²) in [5.74, 6) is -0.348. The molecule has 1 aliphatic rings. The van der Waals surface area contributed by atoms with Crippen molar-refractivity contribution in [2.75, 3.05) is 0 Å². The van der Waals surface area contributed by atoms with E-state index in [1.54, 1.807) is 36.4 Å². The SMILES string of the molecule is CC(C)Oc1ccc(/C(O)=C2/C(=O)C(=O)N(Cc3ccco3)C2c2cccs2)cc1. The summed E-state index contributed by atoms with van der Waals surface area (Å²) in [6.45, 7) is 3.99. The van der Waals surface area contributed by atoms with Crippen molar-refractivity contribution in [2.24, 2.45) is 0 Å². The number of rotatable bonds is 6. The molecule has 1 unspecified atom stereocenters. The molecular weight excluding hydrogens is 402 g/mol. The summed E-state index contributed by atoms with van der Waals surface area (Å²) in [6.07, 6.45) is 1.54. The number of hydrogen-bond acceptors (Lipinski definition) is 6. The molecule has 0 spiro atoms. The summed E-state index contributed by atoms with van der Waals surface area (Å²) in [5.41, 5.74) is 0.523. The Balaban J connectivity index is 1.76. The number of aliphatic hydroxyl groups excluding tert-OH is 1. The van der Waals surface area contributed by atoms with Gasteiger partial charge in [0.1, 0.15) is 23.3 Å². The van der Waals surface area contributed by atoms with Crippen molar-refractivity contribution in [3.8, 4) is 5.75 Å². The number of amides is 1. The van der Waals surface area contributed by atoms with Gasteiger partial charge in [-0.25, -0.2) is 0 Å². The Bertz CT molecular complexity index is 1070. The number of carbonyl (C=O) groups excluding carboxylic acids is 2. The second-order valence-electron chi connectivity index (χ2n) is 7.21. The van der Waals surface area contributed by atoms with Gasteiger partial charge in [-0.05, 0) is 61.7 Å². The molecule has 3 aromatic rings. The number of ether oxygens (including phenoxy) is 1. The van der Waals surface area contributed by atoms with Crippen LogP contribution in [-0.4, -0.2) is 27.8 Å². The number of carbonyl (C=O) groups is 2. The topological polar surface area (TPSA) is 80.0 Å². The normalized spacial score (nSPS) is 18.4. The van der Waals surface area contributed by atoms with Crippen molar-refractivity contribution < 1.29 is 23.8 Å². The van der Waals surface area contributed by atoms with Gasteiger partial charge >= 0.3 is 0 Å². The van der Waals surface area contributed by atoms with Gasteiger partial charge in [-0.15, -0.1) is 11.3 Å². The van der Waals surface area contributed by atoms with Gasteiger partial charge in [-0.2, -0.15) is 0 Å². The maximum atomic E-state index is 12.9. The Hall–Kier alpha value is -3.32. The van der Waals surface area contributed by atoms with Crippen LogP contribution < -0.4 is 4.74 Å². The molecule has 0 saturated carbocycles. The summed E-state index contributed by atoms with van der Waals surface area (Å²) in [6, 6.07) is 13.3. The number of hydrogen-bond donors (Lipinski definition) is 1. The van der Waals surface area contributed by atoms with Crippen LogP contribution in [0, 0.1) is 0 Å². The first-order valence-electron chi connectivity index (χ1n) is 9.57. The predicted molar refractivity (Wildman–Crippen MR) is 113 cm³/mol. The molecule has 154 valence electrons. The Morgan fingerprint density at radius 2 is 1.93 bits per heavy atom. The van der Waals surface area contributed by atoms with Crippen molar-refractivity contribution >= 4 is 28.8 Å². The number of nitrogens with zero attached hydrogens (tertiary/aromatic N) is 1. The molecule has 1 aromatic carbocycles. The standard InChI is InChI=1S/C23H21NO5S/c1-14(2)29-16-9-7-15(8-10-16)21(25)19-20(18-6-4-12-30-18)24(23(27)22(19)26)13-17-5-3-11-28-17/h3-12,14,20,25H,13H2,1-2H3/b21-19-. The van der Waals surface area contributed by atoms with Crippen molar-refractivity contribution in [1.82, 2.24) is 4.90 Å². The molecule has 0 bridgehead atoms. The Morgan fingerprint density at radius 1 is 1.17 bits per heavy atom. The molecule has 1 aliphatic heterocycles. The highest BCUT2D eigenvalue weighted by atomic mass is 32.1. The second-order valence-corrected chi connectivity index (χ2v) is 8.19. The van der Waals surface area contributed by atoms with Gasteiger partial charge in [0.05, 0.1) is 24.5 Å². The van der Waals surface area contributed by atoms with Crippen molar-refractivity contribution in [2.45, 2.75) is 32.5 Å². The van der Waals surface area contributed by atoms with Crippen LogP contribution in [0.5, 0.6) is 5.75 Å². The second kappa shape index (κ2) is 8.20. The van der Waals surface area contributed by atoms with Gasteiger partial charge in [-0.1, -0.05) is 6.07 Å². The highest BCUT2D eigenvalue weighted by molar-refractivity contribution is 7.10. The largest absolute Gasteiger partial charge is 0.507 e. The molecule has 6 nitrogen and oxygen atoms in total. The number of Topliss-reactive ketones (excluding diaryl/α,β-unsaturated/α-hetero) is 1. The minimum Gasteiger partial charge on any atom is -0.507 e. The minimum absolute atomic E-state index is 0.0233. The number of likely N-dealkylation sites (tertiary alicyclic amines) is 1. The molecule has 1 amide bonds. The zero-order valence-electron chi connectivity index (χ0n) is 16.6. The number of furan rings is 1. The van der Waals surface area contributed by atoms with Gasteiger partial charge in [0.15, 0.2) is 0 Å². The van der Waals surface area contributed by atoms with E-state index >= 15 is 0 Å². The number of ketones is 1. The third kappa shape index (κ3) is 3.76. The molecule has 1 fully saturated rings. The first-order valence-corrected chi connectivity index (χ1v) is 10.4. The van der Waals surface area contributed by atoms with Gasteiger partial charge in [0.25, 0.3) is 11.7 Å². The number of thiophene rings is 1. The minimum atomic E-state index is -0.708. The van der Waals surface area contributed by atoms with Crippen LogP contribution in [0.4, 0.5) is 0 Å². The average Bonchev–Trinajstić information content (AvgIpc) is 3.46. The van der Waals surface area contributed by atoms with E-state index < -0.39 is 17.7 Å². The number of benzene rings is 1. The van der Waals surface area contributed by atoms with Crippen LogP contribution in [-0.2, 0) is 16.1 Å². The van der Waals surface area contributed by atoms with E-state index in [1.807, 2.05) is 31.4 Å². The molecule has 0 radical (unpaired) electrons. The van der Waals surface area contributed by atoms with E-state index in [0.717, 1.165) is 4.88 Å². The summed E-state index contributed by atoms with van der Waals surface area (Å²) >= 11 is 1.42. The van der Waals surface area contributed by atoms with Gasteiger partial charge in [-0.3, -0.25) is 9.59 Å². The maximum absolute atomic E-state index is 12.9. The molecule has 1 saturated heterocycles. The summed E-state index contributed by atoms with van der Waals surface area (Å²) in [4.78, 5) is 28.0. The molecular formula is C23H21NO5S. The highest BCUT2D eigenvalue weighted by Crippen LogP contribution is 2.42. The van der Waals surface area contributed by atoms with Crippen LogP contribution in [0.25, 0.3) is 5.76 Å². The van der Waals surface area contributed by atoms with Crippen LogP contribution in [0.1, 0.15) is 36.1 Å². The molecule has 7 heteroatoms. The van der Waals surface area contributed by atoms with Crippen LogP contribution >= 0.6 is 11.3 Å². The van der Waals surface area contributed by atoms with E-state index in [2.05, 4.69) is 0 Å². The average molecular weight is 423 g/mol. The Morgan fingerprint density at radius 3 is 2.53 bits per heavy atom. The maximum Gasteiger partial charge on any atom is 0.296 e. The zero-order chi connectivity index (χ0) is 21.3. The van der Waals surface area contributed by atoms with E-state index in [0.29, 0.717) is 17.1 Å². The molecule has 30 heavy (non-hydrogen) atoms. The zero-order valence-corrected chi connectivity index (χ0v) is 17.4. The fourth-order valence-corrected chi connectivity index (χ4v) is 4.32. The lowest BCUT2D eigenvalue weighted by Crippen LogP contribution is -2.28.